The van der Waals surface area contributed by atoms with Crippen LogP contribution in [0.2, 0.25) is 5.02 Å². The van der Waals surface area contributed by atoms with E-state index in [1.165, 1.54) is 11.3 Å². The molecule has 0 unspecified atom stereocenters. The molecule has 0 aliphatic heterocycles. The monoisotopic (exact) mass is 265 g/mol. The summed E-state index contributed by atoms with van der Waals surface area (Å²) in [7, 11) is 0. The predicted octanol–water partition coefficient (Wildman–Crippen LogP) is 3.84. The smallest absolute Gasteiger partial charge is 0.169 e. The maximum atomic E-state index is 12.1. The van der Waals surface area contributed by atoms with E-state index in [0.717, 1.165) is 21.8 Å². The Morgan fingerprint density at radius 1 is 1.41 bits per heavy atom. The van der Waals surface area contributed by atoms with Crippen LogP contribution in [0.25, 0.3) is 0 Å². The molecule has 0 N–H and O–H groups in total. The molecule has 0 amide bonds. The first-order chi connectivity index (χ1) is 8.06. The molecule has 0 saturated carbocycles. The number of nitrogens with zero attached hydrogens (tertiary/aromatic N) is 1. The fourth-order valence-corrected chi connectivity index (χ4v) is 2.65. The van der Waals surface area contributed by atoms with Crippen LogP contribution in [-0.2, 0) is 6.42 Å². The summed E-state index contributed by atoms with van der Waals surface area (Å²) in [5.41, 5.74) is 2.60. The number of ketones is 1. The normalized spacial score (nSPS) is 10.5. The topological polar surface area (TPSA) is 30.0 Å². The van der Waals surface area contributed by atoms with E-state index < -0.39 is 0 Å². The Kier molecular flexibility index (Phi) is 3.60. The summed E-state index contributed by atoms with van der Waals surface area (Å²) in [6.45, 7) is 3.82. The standard InChI is InChI=1S/C13H12ClNOS/c1-8-5-10(14)3-4-11(8)12(16)6-13-15-9(2)7-17-13/h3-5,7H,6H2,1-2H3. The van der Waals surface area contributed by atoms with E-state index in [2.05, 4.69) is 4.98 Å². The van der Waals surface area contributed by atoms with Crippen LogP contribution in [0.4, 0.5) is 0 Å². The third kappa shape index (κ3) is 2.93. The van der Waals surface area contributed by atoms with Crippen LogP contribution in [0.3, 0.4) is 0 Å². The molecule has 0 spiro atoms. The van der Waals surface area contributed by atoms with Crippen LogP contribution in [0.5, 0.6) is 0 Å². The van der Waals surface area contributed by atoms with Gasteiger partial charge in [-0.1, -0.05) is 11.6 Å². The maximum absolute atomic E-state index is 12.1. The van der Waals surface area contributed by atoms with Crippen molar-refractivity contribution in [2.24, 2.45) is 0 Å². The average molecular weight is 266 g/mol. The van der Waals surface area contributed by atoms with Gasteiger partial charge in [0.1, 0.15) is 5.01 Å². The minimum absolute atomic E-state index is 0.0912. The number of carbonyl (C=O) groups excluding carboxylic acids is 1. The Morgan fingerprint density at radius 2 is 2.18 bits per heavy atom. The predicted molar refractivity (Wildman–Crippen MR) is 71.1 cm³/mol. The van der Waals surface area contributed by atoms with Crippen LogP contribution < -0.4 is 0 Å². The number of aryl methyl sites for hydroxylation is 2. The highest BCUT2D eigenvalue weighted by molar-refractivity contribution is 7.09. The summed E-state index contributed by atoms with van der Waals surface area (Å²) in [4.78, 5) is 16.4. The van der Waals surface area contributed by atoms with Crippen molar-refractivity contribution < 1.29 is 4.79 Å². The highest BCUT2D eigenvalue weighted by Gasteiger charge is 2.12. The average Bonchev–Trinajstić information content (AvgIpc) is 2.63. The molecule has 0 bridgehead atoms. The Morgan fingerprint density at radius 3 is 2.76 bits per heavy atom. The van der Waals surface area contributed by atoms with Crippen molar-refractivity contribution >= 4 is 28.7 Å². The highest BCUT2D eigenvalue weighted by Crippen LogP contribution is 2.18. The zero-order valence-corrected chi connectivity index (χ0v) is 11.2. The third-order valence-electron chi connectivity index (χ3n) is 2.47. The third-order valence-corrected chi connectivity index (χ3v) is 3.67. The lowest BCUT2D eigenvalue weighted by Crippen LogP contribution is -2.05. The second-order valence-corrected chi connectivity index (χ2v) is 5.32. The number of carbonyl (C=O) groups is 1. The molecule has 1 aromatic carbocycles. The summed E-state index contributed by atoms with van der Waals surface area (Å²) in [5.74, 6) is 0.0912. The molecule has 1 aromatic heterocycles. The Bertz CT molecular complexity index is 562. The van der Waals surface area contributed by atoms with Gasteiger partial charge in [-0.2, -0.15) is 0 Å². The van der Waals surface area contributed by atoms with Crippen LogP contribution in [-0.4, -0.2) is 10.8 Å². The van der Waals surface area contributed by atoms with Gasteiger partial charge in [0.25, 0.3) is 0 Å². The Balaban J connectivity index is 2.20. The number of thiazole rings is 1. The minimum atomic E-state index is 0.0912. The molecular weight excluding hydrogens is 254 g/mol. The van der Waals surface area contributed by atoms with Gasteiger partial charge >= 0.3 is 0 Å². The molecule has 4 heteroatoms. The number of rotatable bonds is 3. The SMILES string of the molecule is Cc1csc(CC(=O)c2ccc(Cl)cc2C)n1. The van der Waals surface area contributed by atoms with Gasteiger partial charge in [0, 0.05) is 21.7 Å². The molecule has 0 aliphatic carbocycles. The number of hydrogen-bond acceptors (Lipinski definition) is 3. The second kappa shape index (κ2) is 4.98. The number of benzene rings is 1. The summed E-state index contributed by atoms with van der Waals surface area (Å²) < 4.78 is 0. The van der Waals surface area contributed by atoms with Gasteiger partial charge in [0.15, 0.2) is 5.78 Å². The van der Waals surface area contributed by atoms with Gasteiger partial charge in [0.2, 0.25) is 0 Å². The van der Waals surface area contributed by atoms with Crippen LogP contribution >= 0.6 is 22.9 Å². The van der Waals surface area contributed by atoms with Crippen molar-refractivity contribution in [3.63, 3.8) is 0 Å². The molecule has 88 valence electrons. The summed E-state index contributed by atoms with van der Waals surface area (Å²) in [6, 6.07) is 5.33. The number of Topliss-reactive ketones (excluding diaryl/α,β-unsaturated/α-hetero) is 1. The van der Waals surface area contributed by atoms with E-state index in [9.17, 15) is 4.79 Å². The highest BCUT2D eigenvalue weighted by atomic mass is 35.5. The first kappa shape index (κ1) is 12.3. The Hall–Kier alpha value is -1.19. The molecular formula is C13H12ClNOS. The van der Waals surface area contributed by atoms with E-state index in [0.29, 0.717) is 11.4 Å². The van der Waals surface area contributed by atoms with Gasteiger partial charge in [-0.3, -0.25) is 4.79 Å². The zero-order chi connectivity index (χ0) is 12.4. The summed E-state index contributed by atoms with van der Waals surface area (Å²) in [5, 5.41) is 3.48. The molecule has 1 heterocycles. The molecule has 2 nitrogen and oxygen atoms in total. The van der Waals surface area contributed by atoms with E-state index >= 15 is 0 Å². The first-order valence-corrected chi connectivity index (χ1v) is 6.52. The number of halogens is 1. The van der Waals surface area contributed by atoms with Crippen molar-refractivity contribution in [3.05, 3.63) is 50.4 Å². The summed E-state index contributed by atoms with van der Waals surface area (Å²) in [6.07, 6.45) is 0.362. The molecule has 2 rings (SSSR count). The van der Waals surface area contributed by atoms with Gasteiger partial charge in [0.05, 0.1) is 6.42 Å². The lowest BCUT2D eigenvalue weighted by molar-refractivity contribution is 0.0992. The van der Waals surface area contributed by atoms with Gasteiger partial charge in [-0.15, -0.1) is 11.3 Å². The minimum Gasteiger partial charge on any atom is -0.294 e. The molecule has 0 fully saturated rings. The fourth-order valence-electron chi connectivity index (χ4n) is 1.66. The lowest BCUT2D eigenvalue weighted by atomic mass is 10.0. The second-order valence-electron chi connectivity index (χ2n) is 3.94. The van der Waals surface area contributed by atoms with Gasteiger partial charge < -0.3 is 0 Å². The van der Waals surface area contributed by atoms with Gasteiger partial charge in [-0.05, 0) is 37.6 Å². The van der Waals surface area contributed by atoms with Crippen molar-refractivity contribution in [1.82, 2.24) is 4.98 Å². The fraction of sp³-hybridized carbons (Fsp3) is 0.231. The zero-order valence-electron chi connectivity index (χ0n) is 9.66. The van der Waals surface area contributed by atoms with Gasteiger partial charge in [-0.25, -0.2) is 4.98 Å². The molecule has 17 heavy (non-hydrogen) atoms. The van der Waals surface area contributed by atoms with Crippen molar-refractivity contribution in [3.8, 4) is 0 Å². The molecule has 0 radical (unpaired) electrons. The number of hydrogen-bond donors (Lipinski definition) is 0. The quantitative estimate of drug-likeness (QED) is 0.790. The van der Waals surface area contributed by atoms with Crippen LogP contribution in [0.1, 0.15) is 26.6 Å². The van der Waals surface area contributed by atoms with E-state index in [4.69, 9.17) is 11.6 Å². The van der Waals surface area contributed by atoms with Crippen LogP contribution in [0.15, 0.2) is 23.6 Å². The lowest BCUT2D eigenvalue weighted by Gasteiger charge is -2.03. The van der Waals surface area contributed by atoms with E-state index in [1.54, 1.807) is 12.1 Å². The van der Waals surface area contributed by atoms with E-state index in [1.807, 2.05) is 25.3 Å². The summed E-state index contributed by atoms with van der Waals surface area (Å²) >= 11 is 7.39. The van der Waals surface area contributed by atoms with E-state index in [-0.39, 0.29) is 5.78 Å². The maximum Gasteiger partial charge on any atom is 0.169 e. The molecule has 2 aromatic rings. The number of aromatic nitrogens is 1. The van der Waals surface area contributed by atoms with Crippen molar-refractivity contribution in [1.29, 1.82) is 0 Å². The van der Waals surface area contributed by atoms with Crippen LogP contribution in [0, 0.1) is 13.8 Å². The molecule has 0 saturated heterocycles. The largest absolute Gasteiger partial charge is 0.294 e. The molecule has 0 atom stereocenters. The van der Waals surface area contributed by atoms with Crippen molar-refractivity contribution in [2.45, 2.75) is 20.3 Å². The van der Waals surface area contributed by atoms with Crippen molar-refractivity contribution in [2.75, 3.05) is 0 Å². The first-order valence-electron chi connectivity index (χ1n) is 5.26. The Labute approximate surface area is 109 Å². The molecule has 0 aliphatic rings.